The molecule has 1 aromatic carbocycles. The summed E-state index contributed by atoms with van der Waals surface area (Å²) in [7, 11) is 0. The van der Waals surface area contributed by atoms with Gasteiger partial charge in [0.25, 0.3) is 0 Å². The highest BCUT2D eigenvalue weighted by molar-refractivity contribution is 5.82. The van der Waals surface area contributed by atoms with Crippen molar-refractivity contribution in [3.63, 3.8) is 0 Å². The molecule has 74 valence electrons. The lowest BCUT2D eigenvalue weighted by molar-refractivity contribution is 0.606. The van der Waals surface area contributed by atoms with Gasteiger partial charge in [-0.05, 0) is 17.5 Å². The third kappa shape index (κ3) is 1.42. The minimum Gasteiger partial charge on any atom is -0.464 e. The van der Waals surface area contributed by atoms with Gasteiger partial charge in [0.1, 0.15) is 5.58 Å². The number of benzene rings is 1. The van der Waals surface area contributed by atoms with Crippen LogP contribution in [0.2, 0.25) is 0 Å². The molecule has 0 amide bonds. The zero-order valence-corrected chi connectivity index (χ0v) is 8.58. The van der Waals surface area contributed by atoms with Crippen LogP contribution in [0.3, 0.4) is 0 Å². The maximum absolute atomic E-state index is 5.57. The molecule has 2 aromatic rings. The fourth-order valence-corrected chi connectivity index (χ4v) is 1.67. The summed E-state index contributed by atoms with van der Waals surface area (Å²) in [6, 6.07) is 6.17. The number of nitrogens with two attached hydrogens (primary N) is 1. The van der Waals surface area contributed by atoms with Crippen molar-refractivity contribution in [2.75, 3.05) is 0 Å². The Bertz CT molecular complexity index is 443. The Labute approximate surface area is 83.7 Å². The highest BCUT2D eigenvalue weighted by atomic mass is 16.3. The van der Waals surface area contributed by atoms with Crippen molar-refractivity contribution >= 4 is 11.0 Å². The van der Waals surface area contributed by atoms with Crippen molar-refractivity contribution in [1.29, 1.82) is 0 Å². The maximum Gasteiger partial charge on any atom is 0.134 e. The smallest absolute Gasteiger partial charge is 0.134 e. The fraction of sp³-hybridized carbons (Fsp3) is 0.333. The van der Waals surface area contributed by atoms with Gasteiger partial charge in [-0.2, -0.15) is 0 Å². The van der Waals surface area contributed by atoms with Gasteiger partial charge >= 0.3 is 0 Å². The van der Waals surface area contributed by atoms with E-state index < -0.39 is 0 Å². The average molecular weight is 189 g/mol. The van der Waals surface area contributed by atoms with E-state index in [-0.39, 0.29) is 0 Å². The van der Waals surface area contributed by atoms with E-state index in [1.807, 2.05) is 12.3 Å². The molecule has 0 aliphatic rings. The highest BCUT2D eigenvalue weighted by Gasteiger charge is 2.08. The van der Waals surface area contributed by atoms with Gasteiger partial charge in [-0.1, -0.05) is 26.0 Å². The summed E-state index contributed by atoms with van der Waals surface area (Å²) in [6.07, 6.45) is 1.84. The van der Waals surface area contributed by atoms with Crippen molar-refractivity contribution in [3.8, 4) is 0 Å². The summed E-state index contributed by atoms with van der Waals surface area (Å²) in [6.45, 7) is 4.90. The quantitative estimate of drug-likeness (QED) is 0.788. The molecule has 1 aromatic heterocycles. The molecule has 0 saturated heterocycles. The summed E-state index contributed by atoms with van der Waals surface area (Å²) in [5.41, 5.74) is 8.89. The zero-order chi connectivity index (χ0) is 10.1. The molecule has 0 saturated carbocycles. The van der Waals surface area contributed by atoms with Gasteiger partial charge < -0.3 is 10.2 Å². The molecular weight excluding hydrogens is 174 g/mol. The van der Waals surface area contributed by atoms with Crippen LogP contribution in [-0.4, -0.2) is 0 Å². The van der Waals surface area contributed by atoms with Crippen LogP contribution in [0.25, 0.3) is 11.0 Å². The van der Waals surface area contributed by atoms with Gasteiger partial charge in [0.05, 0.1) is 6.26 Å². The summed E-state index contributed by atoms with van der Waals surface area (Å²) >= 11 is 0. The molecule has 14 heavy (non-hydrogen) atoms. The van der Waals surface area contributed by atoms with Crippen LogP contribution in [0.1, 0.15) is 30.9 Å². The molecule has 2 rings (SSSR count). The van der Waals surface area contributed by atoms with Crippen molar-refractivity contribution in [2.45, 2.75) is 26.3 Å². The molecule has 0 unspecified atom stereocenters. The first kappa shape index (κ1) is 9.28. The Kier molecular flexibility index (Phi) is 2.30. The van der Waals surface area contributed by atoms with E-state index in [9.17, 15) is 0 Å². The largest absolute Gasteiger partial charge is 0.464 e. The van der Waals surface area contributed by atoms with Crippen LogP contribution >= 0.6 is 0 Å². The molecule has 1 heterocycles. The predicted octanol–water partition coefficient (Wildman–Crippen LogP) is 3.01. The number of fused-ring (bicyclic) bond motifs is 1. The van der Waals surface area contributed by atoms with Crippen molar-refractivity contribution in [1.82, 2.24) is 0 Å². The van der Waals surface area contributed by atoms with E-state index in [4.69, 9.17) is 10.2 Å². The molecule has 0 spiro atoms. The van der Waals surface area contributed by atoms with Crippen LogP contribution in [0.5, 0.6) is 0 Å². The first-order chi connectivity index (χ1) is 6.72. The van der Waals surface area contributed by atoms with Gasteiger partial charge in [0.2, 0.25) is 0 Å². The Morgan fingerprint density at radius 2 is 2.14 bits per heavy atom. The lowest BCUT2D eigenvalue weighted by atomic mass is 10.0. The molecule has 2 heteroatoms. The first-order valence-electron chi connectivity index (χ1n) is 4.92. The molecule has 0 fully saturated rings. The first-order valence-corrected chi connectivity index (χ1v) is 4.92. The second-order valence-electron chi connectivity index (χ2n) is 3.88. The number of rotatable bonds is 2. The topological polar surface area (TPSA) is 39.2 Å². The van der Waals surface area contributed by atoms with Crippen LogP contribution in [-0.2, 0) is 6.54 Å². The second-order valence-corrected chi connectivity index (χ2v) is 3.88. The van der Waals surface area contributed by atoms with Crippen LogP contribution in [0.15, 0.2) is 28.9 Å². The van der Waals surface area contributed by atoms with E-state index in [0.29, 0.717) is 12.5 Å². The highest BCUT2D eigenvalue weighted by Crippen LogP contribution is 2.27. The number of hydrogen-bond donors (Lipinski definition) is 1. The van der Waals surface area contributed by atoms with Gasteiger partial charge in [0.15, 0.2) is 0 Å². The Balaban J connectivity index is 2.59. The van der Waals surface area contributed by atoms with Gasteiger partial charge in [-0.15, -0.1) is 0 Å². The number of furan rings is 1. The minimum absolute atomic E-state index is 0.500. The van der Waals surface area contributed by atoms with E-state index in [1.165, 1.54) is 10.9 Å². The summed E-state index contributed by atoms with van der Waals surface area (Å²) in [5.74, 6) is 0.500. The summed E-state index contributed by atoms with van der Waals surface area (Å²) < 4.78 is 5.50. The van der Waals surface area contributed by atoms with Crippen LogP contribution in [0.4, 0.5) is 0 Å². The van der Waals surface area contributed by atoms with E-state index in [2.05, 4.69) is 26.0 Å². The average Bonchev–Trinajstić information content (AvgIpc) is 2.59. The Morgan fingerprint density at radius 1 is 1.36 bits per heavy atom. The zero-order valence-electron chi connectivity index (χ0n) is 8.58. The third-order valence-electron chi connectivity index (χ3n) is 2.53. The van der Waals surface area contributed by atoms with Crippen molar-refractivity contribution in [3.05, 3.63) is 35.6 Å². The minimum atomic E-state index is 0.500. The molecule has 0 aliphatic heterocycles. The van der Waals surface area contributed by atoms with Gasteiger partial charge in [-0.25, -0.2) is 0 Å². The monoisotopic (exact) mass is 189 g/mol. The van der Waals surface area contributed by atoms with E-state index >= 15 is 0 Å². The lowest BCUT2D eigenvalue weighted by Crippen LogP contribution is -1.95. The molecule has 0 aliphatic carbocycles. The third-order valence-corrected chi connectivity index (χ3v) is 2.53. The molecule has 0 radical (unpaired) electrons. The van der Waals surface area contributed by atoms with Crippen LogP contribution < -0.4 is 5.73 Å². The molecule has 2 N–H and O–H groups in total. The molecule has 0 atom stereocenters. The standard InChI is InChI=1S/C12H15NO/c1-8(2)11-7-14-12-5-9(6-13)3-4-10(11)12/h3-5,7-8H,6,13H2,1-2H3. The van der Waals surface area contributed by atoms with Gasteiger partial charge in [-0.3, -0.25) is 0 Å². The second kappa shape index (κ2) is 3.46. The summed E-state index contributed by atoms with van der Waals surface area (Å²) in [4.78, 5) is 0. The lowest BCUT2D eigenvalue weighted by Gasteiger charge is -2.01. The SMILES string of the molecule is CC(C)c1coc2cc(CN)ccc12. The maximum atomic E-state index is 5.57. The molecule has 0 bridgehead atoms. The molecule has 2 nitrogen and oxygen atoms in total. The fourth-order valence-electron chi connectivity index (χ4n) is 1.67. The predicted molar refractivity (Wildman–Crippen MR) is 58.2 cm³/mol. The van der Waals surface area contributed by atoms with E-state index in [1.54, 1.807) is 0 Å². The summed E-state index contributed by atoms with van der Waals surface area (Å²) in [5, 5.41) is 1.21. The van der Waals surface area contributed by atoms with Gasteiger partial charge in [0, 0.05) is 17.5 Å². The van der Waals surface area contributed by atoms with E-state index in [0.717, 1.165) is 11.1 Å². The molecular formula is C12H15NO. The number of hydrogen-bond acceptors (Lipinski definition) is 2. The van der Waals surface area contributed by atoms with Crippen molar-refractivity contribution in [2.24, 2.45) is 5.73 Å². The Hall–Kier alpha value is -1.28. The van der Waals surface area contributed by atoms with Crippen LogP contribution in [0, 0.1) is 0 Å². The van der Waals surface area contributed by atoms with Crippen molar-refractivity contribution < 1.29 is 4.42 Å². The normalized spacial score (nSPS) is 11.4. The Morgan fingerprint density at radius 3 is 2.79 bits per heavy atom.